The Balaban J connectivity index is 1.77. The van der Waals surface area contributed by atoms with Gasteiger partial charge >= 0.3 is 0 Å². The highest BCUT2D eigenvalue weighted by molar-refractivity contribution is 7.19. The normalized spacial score (nSPS) is 14.1. The lowest BCUT2D eigenvalue weighted by atomic mass is 10.0. The molecule has 6 heteroatoms. The van der Waals surface area contributed by atoms with Gasteiger partial charge in [-0.1, -0.05) is 35.6 Å². The third-order valence-electron chi connectivity index (χ3n) is 3.10. The molecule has 5 nitrogen and oxygen atoms in total. The van der Waals surface area contributed by atoms with Crippen molar-refractivity contribution in [1.29, 1.82) is 0 Å². The molecule has 2 aromatic rings. The van der Waals surface area contributed by atoms with Gasteiger partial charge in [0.2, 0.25) is 16.2 Å². The van der Waals surface area contributed by atoms with Crippen LogP contribution in [0.3, 0.4) is 0 Å². The van der Waals surface area contributed by atoms with Crippen molar-refractivity contribution in [3.05, 3.63) is 35.4 Å². The number of benzene rings is 1. The molecule has 1 aliphatic rings. The van der Waals surface area contributed by atoms with Gasteiger partial charge in [-0.15, -0.1) is 10.2 Å². The van der Waals surface area contributed by atoms with E-state index in [9.17, 15) is 4.79 Å². The van der Waals surface area contributed by atoms with Gasteiger partial charge in [-0.2, -0.15) is 0 Å². The third kappa shape index (κ3) is 2.58. The maximum Gasteiger partial charge on any atom is 0.223 e. The number of fused-ring (bicyclic) bond motifs is 1. The topological polar surface area (TPSA) is 58.1 Å². The molecule has 1 aromatic carbocycles. The number of hydrogen-bond donors (Lipinski definition) is 1. The summed E-state index contributed by atoms with van der Waals surface area (Å²) in [6.45, 7) is 3.26. The molecule has 1 N–H and O–H groups in total. The third-order valence-corrected chi connectivity index (χ3v) is 4.00. The first kappa shape index (κ1) is 12.1. The van der Waals surface area contributed by atoms with Gasteiger partial charge in [0.05, 0.1) is 0 Å². The van der Waals surface area contributed by atoms with Crippen LogP contribution in [-0.4, -0.2) is 22.6 Å². The summed E-state index contributed by atoms with van der Waals surface area (Å²) in [5.41, 5.74) is 2.75. The van der Waals surface area contributed by atoms with Crippen LogP contribution in [0.15, 0.2) is 24.3 Å². The molecule has 0 saturated heterocycles. The Kier molecular flexibility index (Phi) is 3.16. The highest BCUT2D eigenvalue weighted by Crippen LogP contribution is 2.28. The van der Waals surface area contributed by atoms with E-state index in [4.69, 9.17) is 0 Å². The van der Waals surface area contributed by atoms with E-state index in [-0.39, 0.29) is 5.91 Å². The zero-order valence-corrected chi connectivity index (χ0v) is 11.4. The molecule has 0 radical (unpaired) electrons. The first-order valence-corrected chi connectivity index (χ1v) is 6.97. The summed E-state index contributed by atoms with van der Waals surface area (Å²) in [6.07, 6.45) is 1.02. The van der Waals surface area contributed by atoms with E-state index < -0.39 is 0 Å². The Morgan fingerprint density at radius 2 is 2.11 bits per heavy atom. The van der Waals surface area contributed by atoms with Gasteiger partial charge in [-0.3, -0.25) is 4.79 Å². The molecule has 2 heterocycles. The van der Waals surface area contributed by atoms with Gasteiger partial charge in [0.15, 0.2) is 0 Å². The second-order valence-corrected chi connectivity index (χ2v) is 5.47. The van der Waals surface area contributed by atoms with Crippen molar-refractivity contribution in [3.63, 3.8) is 0 Å². The Bertz CT molecular complexity index is 610. The molecule has 3 rings (SSSR count). The van der Waals surface area contributed by atoms with Crippen LogP contribution in [0.4, 0.5) is 10.3 Å². The largest absolute Gasteiger partial charge is 0.342 e. The number of rotatable bonds is 2. The van der Waals surface area contributed by atoms with Crippen LogP contribution in [0.2, 0.25) is 0 Å². The maximum absolute atomic E-state index is 11.0. The van der Waals surface area contributed by atoms with Crippen molar-refractivity contribution < 1.29 is 4.79 Å². The van der Waals surface area contributed by atoms with E-state index in [2.05, 4.69) is 44.7 Å². The van der Waals surface area contributed by atoms with Crippen LogP contribution in [-0.2, 0) is 17.8 Å². The number of hydrogen-bond acceptors (Lipinski definition) is 5. The monoisotopic (exact) mass is 274 g/mol. The van der Waals surface area contributed by atoms with E-state index in [1.54, 1.807) is 0 Å². The number of nitrogens with one attached hydrogen (secondary N) is 1. The first-order chi connectivity index (χ1) is 9.22. The average molecular weight is 274 g/mol. The van der Waals surface area contributed by atoms with Gasteiger partial charge in [0, 0.05) is 20.0 Å². The molecule has 0 aliphatic carbocycles. The van der Waals surface area contributed by atoms with E-state index >= 15 is 0 Å². The van der Waals surface area contributed by atoms with Gasteiger partial charge in [-0.05, 0) is 17.5 Å². The van der Waals surface area contributed by atoms with Crippen molar-refractivity contribution in [2.24, 2.45) is 0 Å². The minimum atomic E-state index is -0.119. The highest BCUT2D eigenvalue weighted by atomic mass is 32.1. The fourth-order valence-electron chi connectivity index (χ4n) is 2.20. The first-order valence-electron chi connectivity index (χ1n) is 6.15. The smallest absolute Gasteiger partial charge is 0.223 e. The molecule has 19 heavy (non-hydrogen) atoms. The number of anilines is 2. The van der Waals surface area contributed by atoms with Crippen LogP contribution in [0.5, 0.6) is 0 Å². The molecule has 0 atom stereocenters. The van der Waals surface area contributed by atoms with Crippen molar-refractivity contribution in [2.45, 2.75) is 19.9 Å². The molecule has 98 valence electrons. The average Bonchev–Trinajstić information content (AvgIpc) is 2.86. The summed E-state index contributed by atoms with van der Waals surface area (Å²) in [6, 6.07) is 8.46. The van der Waals surface area contributed by atoms with Gasteiger partial charge in [-0.25, -0.2) is 0 Å². The zero-order chi connectivity index (χ0) is 13.2. The molecular formula is C13H14N4OS. The summed E-state index contributed by atoms with van der Waals surface area (Å²) < 4.78 is 0. The summed E-state index contributed by atoms with van der Waals surface area (Å²) in [7, 11) is 0. The number of nitrogens with zero attached hydrogens (tertiary/aromatic N) is 3. The fraction of sp³-hybridized carbons (Fsp3) is 0.308. The molecule has 0 fully saturated rings. The summed E-state index contributed by atoms with van der Waals surface area (Å²) >= 11 is 1.41. The van der Waals surface area contributed by atoms with Crippen LogP contribution in [0.1, 0.15) is 18.1 Å². The minimum absolute atomic E-state index is 0.119. The standard InChI is InChI=1S/C13H14N4OS/c1-9(18)14-12-15-16-13(19-12)17-7-6-10-4-2-3-5-11(10)8-17/h2-5H,6-8H2,1H3,(H,14,15,18). The quantitative estimate of drug-likeness (QED) is 0.910. The summed E-state index contributed by atoms with van der Waals surface area (Å²) in [5, 5.41) is 12.2. The molecule has 1 amide bonds. The molecule has 0 bridgehead atoms. The Labute approximate surface area is 115 Å². The lowest BCUT2D eigenvalue weighted by molar-refractivity contribution is -0.114. The SMILES string of the molecule is CC(=O)Nc1nnc(N2CCc3ccccc3C2)s1. The van der Waals surface area contributed by atoms with Crippen molar-refractivity contribution in [3.8, 4) is 0 Å². The van der Waals surface area contributed by atoms with Crippen LogP contribution in [0.25, 0.3) is 0 Å². The molecule has 0 spiro atoms. The maximum atomic E-state index is 11.0. The van der Waals surface area contributed by atoms with Crippen molar-refractivity contribution in [2.75, 3.05) is 16.8 Å². The highest BCUT2D eigenvalue weighted by Gasteiger charge is 2.19. The minimum Gasteiger partial charge on any atom is -0.342 e. The summed E-state index contributed by atoms with van der Waals surface area (Å²) in [5.74, 6) is -0.119. The van der Waals surface area contributed by atoms with E-state index in [1.165, 1.54) is 29.4 Å². The zero-order valence-electron chi connectivity index (χ0n) is 10.6. The van der Waals surface area contributed by atoms with Crippen LogP contribution < -0.4 is 10.2 Å². The van der Waals surface area contributed by atoms with Gasteiger partial charge in [0.1, 0.15) is 0 Å². The Morgan fingerprint density at radius 1 is 1.32 bits per heavy atom. The van der Waals surface area contributed by atoms with Crippen LogP contribution >= 0.6 is 11.3 Å². The second kappa shape index (κ2) is 4.97. The molecular weight excluding hydrogens is 260 g/mol. The van der Waals surface area contributed by atoms with Crippen molar-refractivity contribution in [1.82, 2.24) is 10.2 Å². The predicted molar refractivity (Wildman–Crippen MR) is 75.4 cm³/mol. The van der Waals surface area contributed by atoms with E-state index in [0.29, 0.717) is 5.13 Å². The van der Waals surface area contributed by atoms with Gasteiger partial charge in [0.25, 0.3) is 0 Å². The summed E-state index contributed by atoms with van der Waals surface area (Å²) in [4.78, 5) is 13.2. The predicted octanol–water partition coefficient (Wildman–Crippen LogP) is 2.06. The lowest BCUT2D eigenvalue weighted by Crippen LogP contribution is -2.30. The number of aromatic nitrogens is 2. The van der Waals surface area contributed by atoms with E-state index in [0.717, 1.165) is 24.6 Å². The molecule has 0 unspecified atom stereocenters. The van der Waals surface area contributed by atoms with Crippen molar-refractivity contribution >= 4 is 27.5 Å². The molecule has 1 aliphatic heterocycles. The number of carbonyl (C=O) groups is 1. The molecule has 0 saturated carbocycles. The Morgan fingerprint density at radius 3 is 2.89 bits per heavy atom. The number of amides is 1. The molecule has 1 aromatic heterocycles. The lowest BCUT2D eigenvalue weighted by Gasteiger charge is -2.27. The second-order valence-electron chi connectivity index (χ2n) is 4.51. The fourth-order valence-corrected chi connectivity index (χ4v) is 3.02. The number of carbonyl (C=O) groups excluding carboxylic acids is 1. The Hall–Kier alpha value is -1.95. The van der Waals surface area contributed by atoms with Crippen LogP contribution in [0, 0.1) is 0 Å². The van der Waals surface area contributed by atoms with Gasteiger partial charge < -0.3 is 10.2 Å². The van der Waals surface area contributed by atoms with E-state index in [1.807, 2.05) is 0 Å².